The summed E-state index contributed by atoms with van der Waals surface area (Å²) in [4.78, 5) is 20.0. The van der Waals surface area contributed by atoms with Gasteiger partial charge in [-0.25, -0.2) is 4.98 Å². The van der Waals surface area contributed by atoms with Crippen molar-refractivity contribution in [2.24, 2.45) is 0 Å². The predicted molar refractivity (Wildman–Crippen MR) is 137 cm³/mol. The molecule has 6 rings (SSSR count). The Hall–Kier alpha value is -3.40. The van der Waals surface area contributed by atoms with E-state index in [1.165, 1.54) is 26.0 Å². The number of piperidine rings is 1. The van der Waals surface area contributed by atoms with Gasteiger partial charge >= 0.3 is 6.61 Å². The molecule has 2 aliphatic heterocycles. The molecule has 2 bridgehead atoms. The molecule has 8 nitrogen and oxygen atoms in total. The third-order valence-corrected chi connectivity index (χ3v) is 7.93. The number of fused-ring (bicyclic) bond motifs is 3. The first-order chi connectivity index (χ1) is 18.4. The predicted octanol–water partition coefficient (Wildman–Crippen LogP) is 4.90. The molecular formula is C28H32F2N4O4. The summed E-state index contributed by atoms with van der Waals surface area (Å²) in [5.74, 6) is 0.176. The molecular weight excluding hydrogens is 494 g/mol. The monoisotopic (exact) mass is 526 g/mol. The van der Waals surface area contributed by atoms with Crippen LogP contribution >= 0.6 is 0 Å². The van der Waals surface area contributed by atoms with Crippen LogP contribution < -0.4 is 19.5 Å². The minimum Gasteiger partial charge on any atom is -0.496 e. The van der Waals surface area contributed by atoms with E-state index < -0.39 is 12.5 Å². The maximum atomic E-state index is 13.3. The fraction of sp³-hybridized carbons (Fsp3) is 0.500. The summed E-state index contributed by atoms with van der Waals surface area (Å²) in [5, 5.41) is 2.82. The number of hydrogen-bond donors (Lipinski definition) is 1. The minimum atomic E-state index is -3.09. The Labute approximate surface area is 219 Å². The topological polar surface area (TPSA) is 77.3 Å². The maximum absolute atomic E-state index is 13.3. The van der Waals surface area contributed by atoms with Crippen molar-refractivity contribution in [1.82, 2.24) is 19.6 Å². The van der Waals surface area contributed by atoms with Gasteiger partial charge in [0.1, 0.15) is 34.6 Å². The number of pyridine rings is 1. The Balaban J connectivity index is 1.28. The van der Waals surface area contributed by atoms with Gasteiger partial charge in [0.15, 0.2) is 0 Å². The van der Waals surface area contributed by atoms with E-state index in [2.05, 4.69) is 22.1 Å². The van der Waals surface area contributed by atoms with Crippen molar-refractivity contribution in [3.05, 3.63) is 42.2 Å². The molecule has 3 atom stereocenters. The van der Waals surface area contributed by atoms with Gasteiger partial charge in [-0.05, 0) is 63.3 Å². The fourth-order valence-corrected chi connectivity index (χ4v) is 6.07. The third-order valence-electron chi connectivity index (χ3n) is 7.93. The molecule has 0 radical (unpaired) electrons. The molecule has 38 heavy (non-hydrogen) atoms. The van der Waals surface area contributed by atoms with Crippen molar-refractivity contribution in [1.29, 1.82) is 0 Å². The minimum absolute atomic E-state index is 0.0453. The summed E-state index contributed by atoms with van der Waals surface area (Å²) in [6.45, 7) is 0.223. The number of halogens is 2. The van der Waals surface area contributed by atoms with E-state index in [9.17, 15) is 13.6 Å². The molecule has 3 aliphatic rings. The molecule has 3 fully saturated rings. The summed E-state index contributed by atoms with van der Waals surface area (Å²) in [5.41, 5.74) is 1.80. The Bertz CT molecular complexity index is 1330. The quantitative estimate of drug-likeness (QED) is 0.428. The van der Waals surface area contributed by atoms with Crippen LogP contribution in [-0.2, 0) is 0 Å². The second kappa shape index (κ2) is 10.1. The molecule has 1 unspecified atom stereocenters. The van der Waals surface area contributed by atoms with E-state index in [0.29, 0.717) is 29.0 Å². The molecule has 2 saturated heterocycles. The lowest BCUT2D eigenvalue weighted by Gasteiger charge is -2.38. The number of alkyl halides is 2. The van der Waals surface area contributed by atoms with Crippen LogP contribution in [0.3, 0.4) is 0 Å². The third kappa shape index (κ3) is 4.77. The van der Waals surface area contributed by atoms with E-state index in [1.807, 2.05) is 22.7 Å². The van der Waals surface area contributed by atoms with Crippen molar-refractivity contribution >= 4 is 11.6 Å². The zero-order valence-electron chi connectivity index (χ0n) is 21.5. The van der Waals surface area contributed by atoms with Gasteiger partial charge in [0.2, 0.25) is 0 Å². The average molecular weight is 527 g/mol. The van der Waals surface area contributed by atoms with Crippen molar-refractivity contribution < 1.29 is 27.8 Å². The highest BCUT2D eigenvalue weighted by Crippen LogP contribution is 2.39. The first-order valence-corrected chi connectivity index (χ1v) is 13.3. The van der Waals surface area contributed by atoms with Gasteiger partial charge in [-0.1, -0.05) is 6.92 Å². The number of carbonyl (C=O) groups excluding carboxylic acids is 1. The van der Waals surface area contributed by atoms with E-state index in [-0.39, 0.29) is 29.2 Å². The molecule has 4 heterocycles. The number of aromatic nitrogens is 2. The van der Waals surface area contributed by atoms with Gasteiger partial charge in [-0.3, -0.25) is 14.1 Å². The van der Waals surface area contributed by atoms with E-state index in [4.69, 9.17) is 14.2 Å². The lowest BCUT2D eigenvalue weighted by molar-refractivity contribution is -0.0502. The molecule has 202 valence electrons. The van der Waals surface area contributed by atoms with Gasteiger partial charge in [0.25, 0.3) is 5.91 Å². The van der Waals surface area contributed by atoms with Crippen LogP contribution in [0.5, 0.6) is 17.2 Å². The highest BCUT2D eigenvalue weighted by molar-refractivity contribution is 6.01. The van der Waals surface area contributed by atoms with Crippen LogP contribution in [0.2, 0.25) is 0 Å². The molecule has 2 aromatic heterocycles. The number of benzene rings is 1. The summed E-state index contributed by atoms with van der Waals surface area (Å²) in [6, 6.07) is 8.11. The van der Waals surface area contributed by atoms with Crippen LogP contribution in [0, 0.1) is 0 Å². The second-order valence-corrected chi connectivity index (χ2v) is 10.3. The molecule has 1 aliphatic carbocycles. The number of amides is 1. The van der Waals surface area contributed by atoms with Gasteiger partial charge in [0.05, 0.1) is 19.0 Å². The van der Waals surface area contributed by atoms with Crippen molar-refractivity contribution in [2.75, 3.05) is 13.7 Å². The molecule has 0 spiro atoms. The number of methoxy groups -OCH3 is 1. The summed E-state index contributed by atoms with van der Waals surface area (Å²) in [6.07, 6.45) is 9.96. The van der Waals surface area contributed by atoms with E-state index in [1.54, 1.807) is 12.3 Å². The Morgan fingerprint density at radius 1 is 1.13 bits per heavy atom. The average Bonchev–Trinajstić information content (AvgIpc) is 3.54. The maximum Gasteiger partial charge on any atom is 0.387 e. The zero-order valence-corrected chi connectivity index (χ0v) is 21.5. The van der Waals surface area contributed by atoms with Gasteiger partial charge in [-0.15, -0.1) is 0 Å². The van der Waals surface area contributed by atoms with Crippen molar-refractivity contribution in [2.45, 2.75) is 76.3 Å². The Morgan fingerprint density at radius 3 is 2.53 bits per heavy atom. The lowest BCUT2D eigenvalue weighted by atomic mass is 10.00. The Morgan fingerprint density at radius 2 is 1.87 bits per heavy atom. The second-order valence-electron chi connectivity index (χ2n) is 10.3. The van der Waals surface area contributed by atoms with Crippen LogP contribution in [0.4, 0.5) is 8.78 Å². The zero-order chi connectivity index (χ0) is 26.4. The highest BCUT2D eigenvalue weighted by Gasteiger charge is 2.40. The van der Waals surface area contributed by atoms with Crippen LogP contribution in [0.15, 0.2) is 36.7 Å². The molecule has 1 amide bonds. The number of ether oxygens (including phenoxy) is 3. The molecule has 3 aromatic rings. The Kier molecular flexibility index (Phi) is 6.59. The standard InChI is InChI=1S/C28H32F2N4O4/c1-3-33-18-6-7-19(33)13-21(12-18)37-20-8-9-34-22(15-31-25(34)14-20)16-10-23(36-2)26(24(11-16)38-28(29)30)27(35)32-17-4-5-17/h8-11,14-15,17-19,21,28H,3-7,12-13H2,1-2H3,(H,32,35)/t18-,19+,21?. The highest BCUT2D eigenvalue weighted by atomic mass is 19.3. The van der Waals surface area contributed by atoms with Crippen molar-refractivity contribution in [3.63, 3.8) is 0 Å². The molecule has 10 heteroatoms. The fourth-order valence-electron chi connectivity index (χ4n) is 6.07. The SMILES string of the molecule is CCN1[C@@H]2CC[C@H]1CC(Oc1ccn3c(-c4cc(OC)c(C(=O)NC5CC5)c(OC(F)F)c4)cnc3c1)C2. The molecule has 1 N–H and O–H groups in total. The lowest BCUT2D eigenvalue weighted by Crippen LogP contribution is -2.46. The van der Waals surface area contributed by atoms with Gasteiger partial charge in [-0.2, -0.15) is 8.78 Å². The summed E-state index contributed by atoms with van der Waals surface area (Å²) in [7, 11) is 1.40. The first-order valence-electron chi connectivity index (χ1n) is 13.3. The summed E-state index contributed by atoms with van der Waals surface area (Å²) >= 11 is 0. The number of rotatable bonds is 9. The number of carbonyl (C=O) groups is 1. The van der Waals surface area contributed by atoms with Crippen molar-refractivity contribution in [3.8, 4) is 28.5 Å². The first kappa shape index (κ1) is 24.9. The molecule has 1 aromatic carbocycles. The van der Waals surface area contributed by atoms with Gasteiger partial charge < -0.3 is 19.5 Å². The van der Waals surface area contributed by atoms with Crippen LogP contribution in [0.1, 0.15) is 55.8 Å². The van der Waals surface area contributed by atoms with E-state index >= 15 is 0 Å². The number of hydrogen-bond acceptors (Lipinski definition) is 6. The number of imidazole rings is 1. The number of nitrogens with one attached hydrogen (secondary N) is 1. The smallest absolute Gasteiger partial charge is 0.387 e. The molecule has 1 saturated carbocycles. The van der Waals surface area contributed by atoms with Crippen LogP contribution in [0.25, 0.3) is 16.9 Å². The number of nitrogens with zero attached hydrogens (tertiary/aromatic N) is 3. The summed E-state index contributed by atoms with van der Waals surface area (Å²) < 4.78 is 45.1. The van der Waals surface area contributed by atoms with Crippen LogP contribution in [-0.4, -0.2) is 64.7 Å². The normalized spacial score (nSPS) is 23.1. The van der Waals surface area contributed by atoms with E-state index in [0.717, 1.165) is 38.0 Å². The van der Waals surface area contributed by atoms with Gasteiger partial charge in [0, 0.05) is 36.0 Å². The largest absolute Gasteiger partial charge is 0.496 e.